The minimum absolute atomic E-state index is 0.000579. The average Bonchev–Trinajstić information content (AvgIpc) is 3.05. The second kappa shape index (κ2) is 13.5. The summed E-state index contributed by atoms with van der Waals surface area (Å²) in [6, 6.07) is 19.9. The van der Waals surface area contributed by atoms with E-state index in [0.29, 0.717) is 51.6 Å². The molecule has 9 nitrogen and oxygen atoms in total. The summed E-state index contributed by atoms with van der Waals surface area (Å²) in [5.41, 5.74) is 1.61. The predicted octanol–water partition coefficient (Wildman–Crippen LogP) is 6.00. The SMILES string of the molecule is CCN(CC)Cc1cc(C(=O)Cc2ccc(Oc3ccnc4cc(OC)c(OC)cc34)c(F)c2)c(=O)n(-c2ccccc2)n1. The Morgan fingerprint density at radius 2 is 1.61 bits per heavy atom. The summed E-state index contributed by atoms with van der Waals surface area (Å²) in [6.07, 6.45) is 1.38. The zero-order valence-corrected chi connectivity index (χ0v) is 25.0. The zero-order chi connectivity index (χ0) is 31.2. The highest BCUT2D eigenvalue weighted by Crippen LogP contribution is 2.37. The molecule has 0 aliphatic rings. The lowest BCUT2D eigenvalue weighted by Gasteiger charge is -2.18. The van der Waals surface area contributed by atoms with Crippen LogP contribution < -0.4 is 19.8 Å². The number of ether oxygens (including phenoxy) is 3. The van der Waals surface area contributed by atoms with Crippen molar-refractivity contribution in [2.45, 2.75) is 26.8 Å². The van der Waals surface area contributed by atoms with E-state index in [1.807, 2.05) is 19.9 Å². The van der Waals surface area contributed by atoms with Crippen molar-refractivity contribution >= 4 is 16.7 Å². The fraction of sp³-hybridized carbons (Fsp3) is 0.235. The minimum Gasteiger partial charge on any atom is -0.493 e. The Morgan fingerprint density at radius 1 is 0.886 bits per heavy atom. The van der Waals surface area contributed by atoms with Crippen molar-refractivity contribution < 1.29 is 23.4 Å². The number of carbonyl (C=O) groups is 1. The number of Topliss-reactive ketones (excluding diaryl/α,β-unsaturated/α-hetero) is 1. The molecule has 0 spiro atoms. The van der Waals surface area contributed by atoms with Crippen molar-refractivity contribution in [3.05, 3.63) is 112 Å². The first-order chi connectivity index (χ1) is 21.3. The second-order valence-corrected chi connectivity index (χ2v) is 10.1. The Bertz CT molecular complexity index is 1860. The quantitative estimate of drug-likeness (QED) is 0.162. The van der Waals surface area contributed by atoms with Gasteiger partial charge in [-0.2, -0.15) is 9.78 Å². The van der Waals surface area contributed by atoms with Gasteiger partial charge in [0.2, 0.25) is 0 Å². The van der Waals surface area contributed by atoms with Crippen LogP contribution in [0.4, 0.5) is 4.39 Å². The minimum atomic E-state index is -0.653. The van der Waals surface area contributed by atoms with Crippen LogP contribution in [-0.2, 0) is 13.0 Å². The van der Waals surface area contributed by atoms with E-state index in [0.717, 1.165) is 13.1 Å². The van der Waals surface area contributed by atoms with Crippen molar-refractivity contribution in [1.29, 1.82) is 0 Å². The van der Waals surface area contributed by atoms with E-state index in [4.69, 9.17) is 14.2 Å². The molecule has 0 saturated carbocycles. The molecule has 0 atom stereocenters. The third-order valence-corrected chi connectivity index (χ3v) is 7.33. The van der Waals surface area contributed by atoms with Gasteiger partial charge >= 0.3 is 0 Å². The lowest BCUT2D eigenvalue weighted by atomic mass is 10.0. The number of carbonyl (C=O) groups excluding carboxylic acids is 1. The first-order valence-corrected chi connectivity index (χ1v) is 14.3. The van der Waals surface area contributed by atoms with Gasteiger partial charge in [0, 0.05) is 30.6 Å². The summed E-state index contributed by atoms with van der Waals surface area (Å²) in [5.74, 6) is 0.249. The van der Waals surface area contributed by atoms with E-state index >= 15 is 4.39 Å². The number of para-hydroxylation sites is 1. The van der Waals surface area contributed by atoms with Crippen LogP contribution in [0, 0.1) is 5.82 Å². The van der Waals surface area contributed by atoms with Gasteiger partial charge in [0.15, 0.2) is 28.8 Å². The van der Waals surface area contributed by atoms with Gasteiger partial charge in [-0.25, -0.2) is 4.39 Å². The smallest absolute Gasteiger partial charge is 0.282 e. The molecule has 0 amide bonds. The maximum atomic E-state index is 15.3. The van der Waals surface area contributed by atoms with Gasteiger partial charge < -0.3 is 14.2 Å². The number of pyridine rings is 1. The largest absolute Gasteiger partial charge is 0.493 e. The number of benzene rings is 3. The van der Waals surface area contributed by atoms with Gasteiger partial charge in [0.25, 0.3) is 5.56 Å². The Labute approximate surface area is 254 Å². The first kappa shape index (κ1) is 30.4. The molecule has 0 unspecified atom stereocenters. The Balaban J connectivity index is 1.43. The number of ketones is 1. The van der Waals surface area contributed by atoms with Gasteiger partial charge in [0.1, 0.15) is 5.75 Å². The van der Waals surface area contributed by atoms with Crippen molar-refractivity contribution in [2.75, 3.05) is 27.3 Å². The number of hydrogen-bond acceptors (Lipinski definition) is 8. The maximum Gasteiger partial charge on any atom is 0.282 e. The van der Waals surface area contributed by atoms with Crippen molar-refractivity contribution in [3.8, 4) is 28.7 Å². The fourth-order valence-corrected chi connectivity index (χ4v) is 4.92. The van der Waals surface area contributed by atoms with Crippen LogP contribution in [0.1, 0.15) is 35.5 Å². The van der Waals surface area contributed by atoms with Gasteiger partial charge in [-0.1, -0.05) is 38.1 Å². The van der Waals surface area contributed by atoms with E-state index in [-0.39, 0.29) is 17.7 Å². The molecular weight excluding hydrogens is 563 g/mol. The molecule has 5 rings (SSSR count). The van der Waals surface area contributed by atoms with E-state index in [1.165, 1.54) is 31.0 Å². The topological polar surface area (TPSA) is 95.8 Å². The van der Waals surface area contributed by atoms with E-state index in [2.05, 4.69) is 15.0 Å². The van der Waals surface area contributed by atoms with Crippen LogP contribution >= 0.6 is 0 Å². The molecule has 3 aromatic carbocycles. The van der Waals surface area contributed by atoms with Crippen LogP contribution in [0.2, 0.25) is 0 Å². The number of halogens is 1. The second-order valence-electron chi connectivity index (χ2n) is 10.1. The number of methoxy groups -OCH3 is 2. The van der Waals surface area contributed by atoms with Crippen LogP contribution in [0.15, 0.2) is 83.8 Å². The zero-order valence-electron chi connectivity index (χ0n) is 25.0. The summed E-state index contributed by atoms with van der Waals surface area (Å²) in [5, 5.41) is 5.16. The van der Waals surface area contributed by atoms with Crippen molar-refractivity contribution in [2.24, 2.45) is 0 Å². The molecule has 2 heterocycles. The molecule has 5 aromatic rings. The Kier molecular flexibility index (Phi) is 9.30. The third kappa shape index (κ3) is 6.45. The molecule has 44 heavy (non-hydrogen) atoms. The maximum absolute atomic E-state index is 15.3. The Hall–Kier alpha value is -5.09. The fourth-order valence-electron chi connectivity index (χ4n) is 4.92. The van der Waals surface area contributed by atoms with E-state index in [9.17, 15) is 9.59 Å². The summed E-state index contributed by atoms with van der Waals surface area (Å²) >= 11 is 0. The molecule has 10 heteroatoms. The highest BCUT2D eigenvalue weighted by atomic mass is 19.1. The highest BCUT2D eigenvalue weighted by Gasteiger charge is 2.19. The molecule has 0 saturated heterocycles. The molecule has 0 bridgehead atoms. The lowest BCUT2D eigenvalue weighted by Crippen LogP contribution is -2.31. The van der Waals surface area contributed by atoms with E-state index in [1.54, 1.807) is 60.8 Å². The van der Waals surface area contributed by atoms with Crippen molar-refractivity contribution in [3.63, 3.8) is 0 Å². The molecule has 0 fully saturated rings. The summed E-state index contributed by atoms with van der Waals surface area (Å²) in [4.78, 5) is 33.4. The van der Waals surface area contributed by atoms with E-state index < -0.39 is 17.2 Å². The lowest BCUT2D eigenvalue weighted by molar-refractivity contribution is 0.0990. The van der Waals surface area contributed by atoms with Crippen LogP contribution in [0.25, 0.3) is 16.6 Å². The molecule has 2 aromatic heterocycles. The normalized spacial score (nSPS) is 11.1. The van der Waals surface area contributed by atoms with Crippen LogP contribution in [-0.4, -0.2) is 52.8 Å². The average molecular weight is 597 g/mol. The molecule has 0 aliphatic heterocycles. The molecule has 0 radical (unpaired) electrons. The number of rotatable bonds is 12. The monoisotopic (exact) mass is 596 g/mol. The Morgan fingerprint density at radius 3 is 2.30 bits per heavy atom. The van der Waals surface area contributed by atoms with Gasteiger partial charge in [-0.15, -0.1) is 0 Å². The number of hydrogen-bond donors (Lipinski definition) is 0. The standard InChI is InChI=1S/C34H33FN4O5/c1-5-38(6-2)21-23-18-26(34(41)39(37-23)24-10-8-7-9-11-24)29(40)17-22-12-13-31(27(35)16-22)44-30-14-15-36-28-20-33(43-4)32(42-3)19-25(28)30/h7-16,18-20H,5-6,17,21H2,1-4H3. The van der Waals surface area contributed by atoms with Crippen LogP contribution in [0.5, 0.6) is 23.0 Å². The van der Waals surface area contributed by atoms with Gasteiger partial charge in [-0.3, -0.25) is 19.5 Å². The van der Waals surface area contributed by atoms with Crippen molar-refractivity contribution in [1.82, 2.24) is 19.7 Å². The molecular formula is C34H33FN4O5. The highest BCUT2D eigenvalue weighted by molar-refractivity contribution is 5.97. The first-order valence-electron chi connectivity index (χ1n) is 14.3. The number of fused-ring (bicyclic) bond motifs is 1. The third-order valence-electron chi connectivity index (χ3n) is 7.33. The number of aromatic nitrogens is 3. The van der Waals surface area contributed by atoms with Gasteiger partial charge in [0.05, 0.1) is 36.7 Å². The van der Waals surface area contributed by atoms with Crippen LogP contribution in [0.3, 0.4) is 0 Å². The summed E-state index contributed by atoms with van der Waals surface area (Å²) < 4.78 is 33.3. The summed E-state index contributed by atoms with van der Waals surface area (Å²) in [6.45, 7) is 6.13. The predicted molar refractivity (Wildman–Crippen MR) is 166 cm³/mol. The molecule has 226 valence electrons. The molecule has 0 aliphatic carbocycles. The van der Waals surface area contributed by atoms with Gasteiger partial charge in [-0.05, 0) is 61.1 Å². The summed E-state index contributed by atoms with van der Waals surface area (Å²) in [7, 11) is 3.06. The number of nitrogens with zero attached hydrogens (tertiary/aromatic N) is 4. The molecule has 0 N–H and O–H groups in total.